The topological polar surface area (TPSA) is 93.5 Å². The molecule has 0 spiro atoms. The zero-order chi connectivity index (χ0) is 14.2. The van der Waals surface area contributed by atoms with Gasteiger partial charge in [-0.05, 0) is 6.92 Å². The molecule has 8 heteroatoms. The highest BCUT2D eigenvalue weighted by Gasteiger charge is 2.55. The first-order valence-electron chi connectivity index (χ1n) is 5.70. The number of hydrogen-bond acceptors (Lipinski definition) is 5. The third kappa shape index (κ3) is 2.34. The van der Waals surface area contributed by atoms with Gasteiger partial charge in [-0.1, -0.05) is 0 Å². The number of aromatic amines is 1. The number of methoxy groups -OCH3 is 1. The molecular weight excluding hydrogens is 259 g/mol. The van der Waals surface area contributed by atoms with Gasteiger partial charge in [-0.2, -0.15) is 0 Å². The van der Waals surface area contributed by atoms with E-state index in [9.17, 15) is 19.1 Å². The minimum Gasteiger partial charge on any atom is -0.387 e. The van der Waals surface area contributed by atoms with Crippen molar-refractivity contribution in [3.05, 3.63) is 33.1 Å². The summed E-state index contributed by atoms with van der Waals surface area (Å²) in [6, 6.07) is 1.08. The van der Waals surface area contributed by atoms with E-state index in [0.29, 0.717) is 0 Å². The second-order valence-corrected chi connectivity index (χ2v) is 4.60. The molecular formula is C11H15FN2O5. The molecule has 1 aliphatic heterocycles. The number of nitrogens with zero attached hydrogens (tertiary/aromatic N) is 1. The highest BCUT2D eigenvalue weighted by molar-refractivity contribution is 5.01. The Kier molecular flexibility index (Phi) is 3.57. The lowest BCUT2D eigenvalue weighted by atomic mass is 9.98. The Hall–Kier alpha value is -1.51. The molecule has 0 saturated carbocycles. The van der Waals surface area contributed by atoms with Crippen LogP contribution in [0, 0.1) is 0 Å². The maximum Gasteiger partial charge on any atom is 0.330 e. The highest BCUT2D eigenvalue weighted by atomic mass is 19.1. The van der Waals surface area contributed by atoms with Crippen LogP contribution in [0.4, 0.5) is 4.39 Å². The number of hydrogen-bond donors (Lipinski definition) is 2. The summed E-state index contributed by atoms with van der Waals surface area (Å²) in [5.74, 6) is 0. The number of alkyl halides is 1. The molecule has 106 valence electrons. The fourth-order valence-electron chi connectivity index (χ4n) is 2.13. The van der Waals surface area contributed by atoms with E-state index in [4.69, 9.17) is 9.47 Å². The van der Waals surface area contributed by atoms with Crippen LogP contribution in [-0.2, 0) is 9.47 Å². The summed E-state index contributed by atoms with van der Waals surface area (Å²) in [5.41, 5.74) is -3.56. The maximum atomic E-state index is 14.5. The predicted molar refractivity (Wildman–Crippen MR) is 62.6 cm³/mol. The number of rotatable bonds is 3. The van der Waals surface area contributed by atoms with E-state index in [1.54, 1.807) is 0 Å². The monoisotopic (exact) mass is 274 g/mol. The molecule has 2 heterocycles. The van der Waals surface area contributed by atoms with Gasteiger partial charge in [0, 0.05) is 19.4 Å². The van der Waals surface area contributed by atoms with Crippen molar-refractivity contribution in [3.8, 4) is 0 Å². The lowest BCUT2D eigenvalue weighted by molar-refractivity contribution is -0.0661. The van der Waals surface area contributed by atoms with Crippen LogP contribution in [0.5, 0.6) is 0 Å². The molecule has 0 radical (unpaired) electrons. The molecule has 0 bridgehead atoms. The number of ether oxygens (including phenoxy) is 2. The van der Waals surface area contributed by atoms with Crippen molar-refractivity contribution < 1.29 is 19.0 Å². The number of aromatic nitrogens is 2. The average molecular weight is 274 g/mol. The molecule has 1 aromatic heterocycles. The number of aliphatic hydroxyl groups is 1. The predicted octanol–water partition coefficient (Wildman–Crippen LogP) is -0.830. The summed E-state index contributed by atoms with van der Waals surface area (Å²) in [4.78, 5) is 24.6. The number of H-pyrrole nitrogens is 1. The third-order valence-electron chi connectivity index (χ3n) is 3.15. The molecule has 19 heavy (non-hydrogen) atoms. The summed E-state index contributed by atoms with van der Waals surface area (Å²) in [6.07, 6.45) is -2.52. The molecule has 0 unspecified atom stereocenters. The van der Waals surface area contributed by atoms with E-state index in [1.807, 2.05) is 4.98 Å². The molecule has 1 aromatic rings. The van der Waals surface area contributed by atoms with Crippen molar-refractivity contribution in [2.45, 2.75) is 31.0 Å². The largest absolute Gasteiger partial charge is 0.387 e. The van der Waals surface area contributed by atoms with Crippen LogP contribution in [-0.4, -0.2) is 46.3 Å². The normalized spacial score (nSPS) is 34.6. The van der Waals surface area contributed by atoms with Gasteiger partial charge in [-0.25, -0.2) is 9.18 Å². The Morgan fingerprint density at radius 3 is 2.89 bits per heavy atom. The van der Waals surface area contributed by atoms with Crippen molar-refractivity contribution in [1.29, 1.82) is 0 Å². The van der Waals surface area contributed by atoms with Crippen molar-refractivity contribution in [2.75, 3.05) is 13.7 Å². The van der Waals surface area contributed by atoms with Gasteiger partial charge in [0.25, 0.3) is 5.56 Å². The van der Waals surface area contributed by atoms with Gasteiger partial charge < -0.3 is 14.6 Å². The molecule has 2 N–H and O–H groups in total. The van der Waals surface area contributed by atoms with Gasteiger partial charge in [0.05, 0.1) is 6.61 Å². The van der Waals surface area contributed by atoms with Crippen molar-refractivity contribution >= 4 is 0 Å². The van der Waals surface area contributed by atoms with Crippen LogP contribution in [0.15, 0.2) is 21.9 Å². The van der Waals surface area contributed by atoms with Crippen LogP contribution in [0.1, 0.15) is 13.2 Å². The van der Waals surface area contributed by atoms with E-state index in [0.717, 1.165) is 23.8 Å². The van der Waals surface area contributed by atoms with Gasteiger partial charge >= 0.3 is 5.69 Å². The van der Waals surface area contributed by atoms with Gasteiger partial charge in [0.2, 0.25) is 0 Å². The zero-order valence-corrected chi connectivity index (χ0v) is 10.5. The molecule has 1 aliphatic rings. The van der Waals surface area contributed by atoms with Gasteiger partial charge in [0.15, 0.2) is 11.9 Å². The first-order valence-corrected chi connectivity index (χ1v) is 5.70. The Morgan fingerprint density at radius 2 is 2.32 bits per heavy atom. The first-order chi connectivity index (χ1) is 8.87. The Labute approximate surface area is 107 Å². The quantitative estimate of drug-likeness (QED) is 0.750. The average Bonchev–Trinajstić information content (AvgIpc) is 2.54. The molecule has 0 aromatic carbocycles. The number of aliphatic hydroxyl groups excluding tert-OH is 1. The molecule has 2 rings (SSSR count). The molecule has 1 fully saturated rings. The lowest BCUT2D eigenvalue weighted by Gasteiger charge is -2.24. The Bertz CT molecular complexity index is 567. The van der Waals surface area contributed by atoms with E-state index < -0.39 is 35.4 Å². The van der Waals surface area contributed by atoms with Crippen LogP contribution in [0.2, 0.25) is 0 Å². The molecule has 0 amide bonds. The summed E-state index contributed by atoms with van der Waals surface area (Å²) in [6.45, 7) is 1.13. The second kappa shape index (κ2) is 4.87. The smallest absolute Gasteiger partial charge is 0.330 e. The maximum absolute atomic E-state index is 14.5. The Balaban J connectivity index is 2.39. The number of nitrogens with one attached hydrogen (secondary N) is 1. The molecule has 0 aliphatic carbocycles. The summed E-state index contributed by atoms with van der Waals surface area (Å²) in [7, 11) is 1.39. The van der Waals surface area contributed by atoms with Crippen LogP contribution in [0.25, 0.3) is 0 Å². The molecule has 4 atom stereocenters. The zero-order valence-electron chi connectivity index (χ0n) is 10.5. The van der Waals surface area contributed by atoms with Gasteiger partial charge in [0.1, 0.15) is 12.2 Å². The Morgan fingerprint density at radius 1 is 1.63 bits per heavy atom. The fourth-order valence-corrected chi connectivity index (χ4v) is 2.13. The van der Waals surface area contributed by atoms with Crippen LogP contribution >= 0.6 is 0 Å². The fraction of sp³-hybridized carbons (Fsp3) is 0.636. The van der Waals surface area contributed by atoms with E-state index in [2.05, 4.69) is 0 Å². The molecule has 1 saturated heterocycles. The second-order valence-electron chi connectivity index (χ2n) is 4.60. The molecule has 7 nitrogen and oxygen atoms in total. The minimum atomic E-state index is -2.18. The number of halogens is 1. The van der Waals surface area contributed by atoms with E-state index in [-0.39, 0.29) is 6.61 Å². The lowest BCUT2D eigenvalue weighted by Crippen LogP contribution is -2.43. The van der Waals surface area contributed by atoms with Crippen molar-refractivity contribution in [3.63, 3.8) is 0 Å². The van der Waals surface area contributed by atoms with Crippen molar-refractivity contribution in [1.82, 2.24) is 9.55 Å². The highest BCUT2D eigenvalue weighted by Crippen LogP contribution is 2.40. The van der Waals surface area contributed by atoms with Gasteiger partial charge in [-0.3, -0.25) is 14.3 Å². The minimum absolute atomic E-state index is 0.00468. The standard InChI is InChI=1S/C11H15FN2O5/c1-11(12)8(16)6(5-18-2)19-9(11)14-4-3-7(15)13-10(14)17/h3-4,6,8-9,16H,5H2,1-2H3,(H,13,15,17)/t6-,8-,9-,11-/m1/s1. The van der Waals surface area contributed by atoms with Crippen LogP contribution < -0.4 is 11.2 Å². The summed E-state index contributed by atoms with van der Waals surface area (Å²) >= 11 is 0. The van der Waals surface area contributed by atoms with Crippen LogP contribution in [0.3, 0.4) is 0 Å². The van der Waals surface area contributed by atoms with Crippen molar-refractivity contribution in [2.24, 2.45) is 0 Å². The summed E-state index contributed by atoms with van der Waals surface area (Å²) in [5, 5.41) is 9.86. The van der Waals surface area contributed by atoms with Gasteiger partial charge in [-0.15, -0.1) is 0 Å². The van der Waals surface area contributed by atoms with E-state index >= 15 is 0 Å². The summed E-state index contributed by atoms with van der Waals surface area (Å²) < 4.78 is 25.6. The first kappa shape index (κ1) is 13.9. The SMILES string of the molecule is COC[C@H]1O[C@@H](n2ccc(=O)[nH]c2=O)[C@](C)(F)[C@@H]1O. The third-order valence-corrected chi connectivity index (χ3v) is 3.15. The van der Waals surface area contributed by atoms with E-state index in [1.165, 1.54) is 7.11 Å².